The number of hydrogen-bond donors (Lipinski definition) is 1. The van der Waals surface area contributed by atoms with E-state index in [0.717, 1.165) is 31.2 Å². The molecule has 2 aromatic rings. The van der Waals surface area contributed by atoms with E-state index >= 15 is 0 Å². The Morgan fingerprint density at radius 1 is 1.48 bits per heavy atom. The van der Waals surface area contributed by atoms with Crippen LogP contribution < -0.4 is 5.32 Å². The van der Waals surface area contributed by atoms with Crippen LogP contribution in [0.2, 0.25) is 0 Å². The third-order valence-corrected chi connectivity index (χ3v) is 5.57. The van der Waals surface area contributed by atoms with Gasteiger partial charge in [0.25, 0.3) is 5.91 Å². The van der Waals surface area contributed by atoms with Crippen LogP contribution in [-0.4, -0.2) is 5.91 Å². The van der Waals surface area contributed by atoms with Crippen LogP contribution in [-0.2, 0) is 12.8 Å². The quantitative estimate of drug-likeness (QED) is 0.900. The summed E-state index contributed by atoms with van der Waals surface area (Å²) < 4.78 is 13.7. The number of carbonyl (C=O) groups is 1. The van der Waals surface area contributed by atoms with Crippen LogP contribution in [0.5, 0.6) is 0 Å². The minimum atomic E-state index is -0.559. The first-order chi connectivity index (χ1) is 11.1. The maximum atomic E-state index is 13.7. The summed E-state index contributed by atoms with van der Waals surface area (Å²) in [6, 6.07) is 8.07. The van der Waals surface area contributed by atoms with Gasteiger partial charge < -0.3 is 5.32 Å². The molecular formula is C18H17FN2OS. The lowest BCUT2D eigenvalue weighted by atomic mass is 9.86. The zero-order valence-corrected chi connectivity index (χ0v) is 13.7. The first kappa shape index (κ1) is 15.7. The van der Waals surface area contributed by atoms with Crippen molar-refractivity contribution in [1.29, 1.82) is 5.26 Å². The van der Waals surface area contributed by atoms with Crippen LogP contribution >= 0.6 is 11.3 Å². The number of rotatable bonds is 3. The zero-order chi connectivity index (χ0) is 16.4. The Bertz CT molecular complexity index is 791. The second kappa shape index (κ2) is 6.51. The van der Waals surface area contributed by atoms with Gasteiger partial charge in [0.15, 0.2) is 0 Å². The SMILES string of the molecule is CC[C@H]1CCc2c(sc(NC(=O)c3ccccc3F)c2C#N)C1. The average molecular weight is 328 g/mol. The second-order valence-electron chi connectivity index (χ2n) is 5.77. The standard InChI is InChI=1S/C18H17FN2OS/c1-2-11-7-8-12-14(10-20)18(23-16(12)9-11)21-17(22)13-5-3-4-6-15(13)19/h3-6,11H,2,7-9H2,1H3,(H,21,22)/t11-/m0/s1. The number of anilines is 1. The smallest absolute Gasteiger partial charge is 0.259 e. The number of nitrogens with one attached hydrogen (secondary N) is 1. The Labute approximate surface area is 138 Å². The van der Waals surface area contributed by atoms with E-state index in [4.69, 9.17) is 0 Å². The van der Waals surface area contributed by atoms with Crippen LogP contribution in [0.3, 0.4) is 0 Å². The van der Waals surface area contributed by atoms with Crippen molar-refractivity contribution in [3.05, 3.63) is 51.7 Å². The largest absolute Gasteiger partial charge is 0.312 e. The number of benzene rings is 1. The number of nitriles is 1. The molecule has 0 spiro atoms. The fraction of sp³-hybridized carbons (Fsp3) is 0.333. The maximum Gasteiger partial charge on any atom is 0.259 e. The molecule has 1 N–H and O–H groups in total. The molecule has 3 rings (SSSR count). The third kappa shape index (κ3) is 2.99. The molecule has 5 heteroatoms. The molecule has 0 bridgehead atoms. The molecule has 0 radical (unpaired) electrons. The molecule has 1 aliphatic carbocycles. The van der Waals surface area contributed by atoms with E-state index in [1.165, 1.54) is 28.3 Å². The van der Waals surface area contributed by atoms with Crippen molar-refractivity contribution in [3.8, 4) is 6.07 Å². The number of hydrogen-bond acceptors (Lipinski definition) is 3. The van der Waals surface area contributed by atoms with E-state index in [1.807, 2.05) is 0 Å². The lowest BCUT2D eigenvalue weighted by Gasteiger charge is -2.20. The van der Waals surface area contributed by atoms with Gasteiger partial charge >= 0.3 is 0 Å². The van der Waals surface area contributed by atoms with Crippen LogP contribution in [0.4, 0.5) is 9.39 Å². The average Bonchev–Trinajstić information content (AvgIpc) is 2.90. The molecule has 1 heterocycles. The first-order valence-electron chi connectivity index (χ1n) is 7.74. The predicted octanol–water partition coefficient (Wildman–Crippen LogP) is 4.53. The van der Waals surface area contributed by atoms with Gasteiger partial charge in [0.2, 0.25) is 0 Å². The lowest BCUT2D eigenvalue weighted by Crippen LogP contribution is -2.14. The minimum absolute atomic E-state index is 0.00537. The number of fused-ring (bicyclic) bond motifs is 1. The van der Waals surface area contributed by atoms with Crippen LogP contribution in [0.1, 0.15) is 46.1 Å². The van der Waals surface area contributed by atoms with Crippen molar-refractivity contribution in [2.75, 3.05) is 5.32 Å². The fourth-order valence-electron chi connectivity index (χ4n) is 3.02. The summed E-state index contributed by atoms with van der Waals surface area (Å²) in [5.74, 6) is -0.427. The van der Waals surface area contributed by atoms with Gasteiger partial charge in [-0.15, -0.1) is 11.3 Å². The molecule has 0 aliphatic heterocycles. The number of carbonyl (C=O) groups excluding carboxylic acids is 1. The summed E-state index contributed by atoms with van der Waals surface area (Å²) >= 11 is 1.46. The molecule has 1 aromatic carbocycles. The second-order valence-corrected chi connectivity index (χ2v) is 6.88. The van der Waals surface area contributed by atoms with E-state index in [9.17, 15) is 14.4 Å². The molecule has 118 valence electrons. The highest BCUT2D eigenvalue weighted by Gasteiger charge is 2.26. The van der Waals surface area contributed by atoms with Gasteiger partial charge in [-0.25, -0.2) is 4.39 Å². The van der Waals surface area contributed by atoms with Crippen molar-refractivity contribution in [1.82, 2.24) is 0 Å². The Balaban J connectivity index is 1.90. The Kier molecular flexibility index (Phi) is 4.44. The first-order valence-corrected chi connectivity index (χ1v) is 8.56. The minimum Gasteiger partial charge on any atom is -0.312 e. The maximum absolute atomic E-state index is 13.7. The van der Waals surface area contributed by atoms with Crippen LogP contribution in [0.15, 0.2) is 24.3 Å². The van der Waals surface area contributed by atoms with Gasteiger partial charge in [-0.1, -0.05) is 25.5 Å². The van der Waals surface area contributed by atoms with E-state index in [1.54, 1.807) is 12.1 Å². The summed E-state index contributed by atoms with van der Waals surface area (Å²) in [7, 11) is 0. The molecule has 1 aliphatic rings. The highest BCUT2D eigenvalue weighted by molar-refractivity contribution is 7.16. The molecule has 1 atom stereocenters. The number of thiophene rings is 1. The Morgan fingerprint density at radius 3 is 2.96 bits per heavy atom. The van der Waals surface area contributed by atoms with Crippen molar-refractivity contribution < 1.29 is 9.18 Å². The van der Waals surface area contributed by atoms with Gasteiger partial charge in [0.05, 0.1) is 11.1 Å². The van der Waals surface area contributed by atoms with Gasteiger partial charge in [-0.05, 0) is 42.9 Å². The molecule has 3 nitrogen and oxygen atoms in total. The van der Waals surface area contributed by atoms with Crippen LogP contribution in [0, 0.1) is 23.1 Å². The van der Waals surface area contributed by atoms with Crippen molar-refractivity contribution in [2.24, 2.45) is 5.92 Å². The van der Waals surface area contributed by atoms with E-state index in [0.29, 0.717) is 16.5 Å². The van der Waals surface area contributed by atoms with Crippen molar-refractivity contribution in [3.63, 3.8) is 0 Å². The molecule has 1 aromatic heterocycles. The van der Waals surface area contributed by atoms with Gasteiger partial charge in [0, 0.05) is 4.88 Å². The van der Waals surface area contributed by atoms with E-state index < -0.39 is 11.7 Å². The summed E-state index contributed by atoms with van der Waals surface area (Å²) in [5, 5.41) is 12.7. The molecule has 0 fully saturated rings. The van der Waals surface area contributed by atoms with Gasteiger partial charge in [-0.2, -0.15) is 5.26 Å². The third-order valence-electron chi connectivity index (χ3n) is 4.40. The topological polar surface area (TPSA) is 52.9 Å². The van der Waals surface area contributed by atoms with Crippen molar-refractivity contribution >= 4 is 22.2 Å². The van der Waals surface area contributed by atoms with Gasteiger partial charge in [0.1, 0.15) is 16.9 Å². The summed E-state index contributed by atoms with van der Waals surface area (Å²) in [4.78, 5) is 13.5. The normalized spacial score (nSPS) is 16.5. The van der Waals surface area contributed by atoms with Crippen LogP contribution in [0.25, 0.3) is 0 Å². The Hall–Kier alpha value is -2.19. The molecule has 0 saturated carbocycles. The summed E-state index contributed by atoms with van der Waals surface area (Å²) in [6.45, 7) is 2.18. The van der Waals surface area contributed by atoms with Crippen molar-refractivity contribution in [2.45, 2.75) is 32.6 Å². The highest BCUT2D eigenvalue weighted by atomic mass is 32.1. The summed E-state index contributed by atoms with van der Waals surface area (Å²) in [5.41, 5.74) is 1.60. The predicted molar refractivity (Wildman–Crippen MR) is 89.2 cm³/mol. The van der Waals surface area contributed by atoms with E-state index in [2.05, 4.69) is 18.3 Å². The number of amides is 1. The number of nitrogens with zero attached hydrogens (tertiary/aromatic N) is 1. The molecule has 23 heavy (non-hydrogen) atoms. The molecule has 0 unspecified atom stereocenters. The van der Waals surface area contributed by atoms with E-state index in [-0.39, 0.29) is 5.56 Å². The molecule has 1 amide bonds. The lowest BCUT2D eigenvalue weighted by molar-refractivity contribution is 0.102. The summed E-state index contributed by atoms with van der Waals surface area (Å²) in [6.07, 6.45) is 4.04. The highest BCUT2D eigenvalue weighted by Crippen LogP contribution is 2.40. The number of halogens is 1. The van der Waals surface area contributed by atoms with Gasteiger partial charge in [-0.3, -0.25) is 4.79 Å². The zero-order valence-electron chi connectivity index (χ0n) is 12.9. The Morgan fingerprint density at radius 2 is 2.26 bits per heavy atom. The molecular weight excluding hydrogens is 311 g/mol. The fourth-order valence-corrected chi connectivity index (χ4v) is 4.33. The molecule has 0 saturated heterocycles. The monoisotopic (exact) mass is 328 g/mol.